The van der Waals surface area contributed by atoms with Gasteiger partial charge in [-0.2, -0.15) is 0 Å². The van der Waals surface area contributed by atoms with Crippen molar-refractivity contribution in [2.24, 2.45) is 0 Å². The molecule has 0 radical (unpaired) electrons. The molecule has 7 heteroatoms. The van der Waals surface area contributed by atoms with Crippen molar-refractivity contribution < 1.29 is 17.9 Å². The van der Waals surface area contributed by atoms with Crippen LogP contribution in [0, 0.1) is 0 Å². The Morgan fingerprint density at radius 2 is 2.00 bits per heavy atom. The Morgan fingerprint density at radius 1 is 1.32 bits per heavy atom. The van der Waals surface area contributed by atoms with Crippen molar-refractivity contribution in [2.45, 2.75) is 24.3 Å². The molecule has 1 heterocycles. The van der Waals surface area contributed by atoms with Crippen molar-refractivity contribution in [3.8, 4) is 11.5 Å². The fourth-order valence-corrected chi connectivity index (χ4v) is 3.42. The molecule has 1 aliphatic heterocycles. The van der Waals surface area contributed by atoms with E-state index in [9.17, 15) is 8.42 Å². The molecular formula is C12H16ClNO4S. The normalized spacial score (nSPS) is 16.1. The maximum Gasteiger partial charge on any atom is 0.240 e. The van der Waals surface area contributed by atoms with Crippen LogP contribution in [0.2, 0.25) is 0 Å². The van der Waals surface area contributed by atoms with E-state index < -0.39 is 10.0 Å². The molecule has 19 heavy (non-hydrogen) atoms. The van der Waals surface area contributed by atoms with E-state index >= 15 is 0 Å². The molecular weight excluding hydrogens is 290 g/mol. The highest BCUT2D eigenvalue weighted by Gasteiger charge is 2.21. The maximum absolute atomic E-state index is 12.2. The second-order valence-electron chi connectivity index (χ2n) is 4.19. The summed E-state index contributed by atoms with van der Waals surface area (Å²) in [6, 6.07) is 4.29. The van der Waals surface area contributed by atoms with Crippen LogP contribution in [0.15, 0.2) is 23.1 Å². The second kappa shape index (κ2) is 5.98. The van der Waals surface area contributed by atoms with E-state index in [1.165, 1.54) is 12.1 Å². The molecule has 1 aliphatic rings. The molecule has 0 saturated heterocycles. The molecule has 2 rings (SSSR count). The van der Waals surface area contributed by atoms with Crippen molar-refractivity contribution >= 4 is 21.6 Å². The van der Waals surface area contributed by atoms with Gasteiger partial charge in [0.15, 0.2) is 11.5 Å². The standard InChI is InChI=1S/C12H16ClNO4S/c1-2-9(8-13)14-19(15,16)10-3-4-11-12(7-10)18-6-5-17-11/h3-4,7,9,14H,2,5-6,8H2,1H3. The predicted molar refractivity (Wildman–Crippen MR) is 72.6 cm³/mol. The number of nitrogens with one attached hydrogen (secondary N) is 1. The molecule has 1 N–H and O–H groups in total. The van der Waals surface area contributed by atoms with Crippen LogP contribution in [0.1, 0.15) is 13.3 Å². The van der Waals surface area contributed by atoms with E-state index in [4.69, 9.17) is 21.1 Å². The van der Waals surface area contributed by atoms with Crippen molar-refractivity contribution in [2.75, 3.05) is 19.1 Å². The van der Waals surface area contributed by atoms with Crippen LogP contribution in [-0.2, 0) is 10.0 Å². The summed E-state index contributed by atoms with van der Waals surface area (Å²) >= 11 is 5.70. The quantitative estimate of drug-likeness (QED) is 0.842. The molecule has 0 aromatic heterocycles. The largest absolute Gasteiger partial charge is 0.486 e. The Bertz CT molecular complexity index is 543. The van der Waals surface area contributed by atoms with E-state index in [0.29, 0.717) is 31.1 Å². The lowest BCUT2D eigenvalue weighted by atomic mass is 10.3. The SMILES string of the molecule is CCC(CCl)NS(=O)(=O)c1ccc2c(c1)OCCO2. The molecule has 0 spiro atoms. The van der Waals surface area contributed by atoms with Crippen molar-refractivity contribution in [1.29, 1.82) is 0 Å². The predicted octanol–water partition coefficient (Wildman–Crippen LogP) is 1.75. The van der Waals surface area contributed by atoms with Gasteiger partial charge in [0.05, 0.1) is 4.90 Å². The molecule has 1 aromatic rings. The third-order valence-electron chi connectivity index (χ3n) is 2.82. The van der Waals surface area contributed by atoms with Gasteiger partial charge in [0.1, 0.15) is 13.2 Å². The maximum atomic E-state index is 12.2. The molecule has 0 amide bonds. The van der Waals surface area contributed by atoms with Gasteiger partial charge in [-0.1, -0.05) is 6.92 Å². The minimum absolute atomic E-state index is 0.153. The zero-order valence-electron chi connectivity index (χ0n) is 10.6. The number of hydrogen-bond donors (Lipinski definition) is 1. The molecule has 1 aromatic carbocycles. The topological polar surface area (TPSA) is 64.6 Å². The van der Waals surface area contributed by atoms with Gasteiger partial charge in [0.2, 0.25) is 10.0 Å². The minimum Gasteiger partial charge on any atom is -0.486 e. The molecule has 0 bridgehead atoms. The molecule has 0 aliphatic carbocycles. The Labute approximate surface area is 117 Å². The van der Waals surface area contributed by atoms with Crippen molar-refractivity contribution in [3.05, 3.63) is 18.2 Å². The first-order chi connectivity index (χ1) is 9.06. The number of halogens is 1. The fourth-order valence-electron chi connectivity index (χ4n) is 1.70. The Balaban J connectivity index is 2.25. The number of alkyl halides is 1. The van der Waals surface area contributed by atoms with Gasteiger partial charge >= 0.3 is 0 Å². The average Bonchev–Trinajstić information content (AvgIpc) is 2.44. The molecule has 0 fully saturated rings. The number of benzene rings is 1. The summed E-state index contributed by atoms with van der Waals surface area (Å²) in [5.74, 6) is 1.25. The van der Waals surface area contributed by atoms with E-state index in [0.717, 1.165) is 0 Å². The zero-order chi connectivity index (χ0) is 13.9. The highest BCUT2D eigenvalue weighted by Crippen LogP contribution is 2.32. The van der Waals surface area contributed by atoms with E-state index in [1.807, 2.05) is 6.92 Å². The molecule has 106 valence electrons. The van der Waals surface area contributed by atoms with Crippen molar-refractivity contribution in [1.82, 2.24) is 4.72 Å². The summed E-state index contributed by atoms with van der Waals surface area (Å²) in [5.41, 5.74) is 0. The van der Waals surface area contributed by atoms with Crippen LogP contribution in [0.4, 0.5) is 0 Å². The minimum atomic E-state index is -3.59. The van der Waals surface area contributed by atoms with E-state index in [2.05, 4.69) is 4.72 Å². The highest BCUT2D eigenvalue weighted by atomic mass is 35.5. The Morgan fingerprint density at radius 3 is 2.63 bits per heavy atom. The van der Waals surface area contributed by atoms with E-state index in [-0.39, 0.29) is 16.8 Å². The molecule has 5 nitrogen and oxygen atoms in total. The van der Waals surface area contributed by atoms with Crippen LogP contribution >= 0.6 is 11.6 Å². The first-order valence-corrected chi connectivity index (χ1v) is 8.06. The first kappa shape index (κ1) is 14.4. The average molecular weight is 306 g/mol. The monoisotopic (exact) mass is 305 g/mol. The lowest BCUT2D eigenvalue weighted by molar-refractivity contribution is 0.171. The van der Waals surface area contributed by atoms with Gasteiger partial charge in [-0.15, -0.1) is 11.6 Å². The van der Waals surface area contributed by atoms with Crippen LogP contribution < -0.4 is 14.2 Å². The van der Waals surface area contributed by atoms with Crippen LogP contribution in [0.3, 0.4) is 0 Å². The van der Waals surface area contributed by atoms with Gasteiger partial charge in [-0.25, -0.2) is 13.1 Å². The van der Waals surface area contributed by atoms with Crippen molar-refractivity contribution in [3.63, 3.8) is 0 Å². The zero-order valence-corrected chi connectivity index (χ0v) is 12.1. The number of hydrogen-bond acceptors (Lipinski definition) is 4. The van der Waals surface area contributed by atoms with E-state index in [1.54, 1.807) is 6.07 Å². The fraction of sp³-hybridized carbons (Fsp3) is 0.500. The van der Waals surface area contributed by atoms with Gasteiger partial charge in [0.25, 0.3) is 0 Å². The molecule has 1 atom stereocenters. The second-order valence-corrected chi connectivity index (χ2v) is 6.21. The summed E-state index contributed by atoms with van der Waals surface area (Å²) in [7, 11) is -3.59. The van der Waals surface area contributed by atoms with Gasteiger partial charge in [-0.05, 0) is 18.6 Å². The summed E-state index contributed by atoms with van der Waals surface area (Å²) in [6.07, 6.45) is 0.632. The first-order valence-electron chi connectivity index (χ1n) is 6.04. The summed E-state index contributed by atoms with van der Waals surface area (Å²) in [6.45, 7) is 2.77. The van der Waals surface area contributed by atoms with Crippen LogP contribution in [-0.4, -0.2) is 33.6 Å². The molecule has 0 saturated carbocycles. The number of sulfonamides is 1. The van der Waals surface area contributed by atoms with Gasteiger partial charge in [0, 0.05) is 18.0 Å². The van der Waals surface area contributed by atoms with Crippen LogP contribution in [0.5, 0.6) is 11.5 Å². The van der Waals surface area contributed by atoms with Gasteiger partial charge in [-0.3, -0.25) is 0 Å². The summed E-state index contributed by atoms with van der Waals surface area (Å²) in [4.78, 5) is 0.153. The third kappa shape index (κ3) is 3.32. The smallest absolute Gasteiger partial charge is 0.240 e. The van der Waals surface area contributed by atoms with Crippen LogP contribution in [0.25, 0.3) is 0 Å². The number of fused-ring (bicyclic) bond motifs is 1. The lowest BCUT2D eigenvalue weighted by Gasteiger charge is -2.19. The summed E-state index contributed by atoms with van der Waals surface area (Å²) < 4.78 is 37.6. The Kier molecular flexibility index (Phi) is 4.54. The van der Waals surface area contributed by atoms with Gasteiger partial charge < -0.3 is 9.47 Å². The number of rotatable bonds is 5. The molecule has 1 unspecified atom stereocenters. The third-order valence-corrected chi connectivity index (χ3v) is 4.72. The summed E-state index contributed by atoms with van der Waals surface area (Å²) in [5, 5.41) is 0. The Hall–Kier alpha value is -0.980. The highest BCUT2D eigenvalue weighted by molar-refractivity contribution is 7.89. The lowest BCUT2D eigenvalue weighted by Crippen LogP contribution is -2.35. The number of ether oxygens (including phenoxy) is 2.